The molecule has 0 spiro atoms. The van der Waals surface area contributed by atoms with E-state index in [1.165, 1.54) is 14.2 Å². The summed E-state index contributed by atoms with van der Waals surface area (Å²) < 4.78 is 17.4. The molecule has 0 aliphatic carbocycles. The molecule has 7 nitrogen and oxygen atoms in total. The standard InChI is InChI=1S/C23H24N2O5/c1-15-22(16(2)25(24-15)13-17-8-6-5-7-9-17)23(27)30-14-20(26)19-12-18(28-3)10-11-21(19)29-4/h5-12H,13-14H2,1-4H3. The maximum absolute atomic E-state index is 12.7. The Balaban J connectivity index is 1.73. The van der Waals surface area contributed by atoms with Crippen LogP contribution in [0.4, 0.5) is 0 Å². The van der Waals surface area contributed by atoms with Crippen molar-refractivity contribution in [3.05, 3.63) is 76.6 Å². The SMILES string of the molecule is COc1ccc(OC)c(C(=O)COC(=O)c2c(C)nn(Cc3ccccc3)c2C)c1. The van der Waals surface area contributed by atoms with Crippen LogP contribution in [0.25, 0.3) is 0 Å². The minimum atomic E-state index is -0.584. The van der Waals surface area contributed by atoms with E-state index in [9.17, 15) is 9.59 Å². The van der Waals surface area contributed by atoms with Gasteiger partial charge in [0.1, 0.15) is 17.1 Å². The minimum absolute atomic E-state index is 0.290. The van der Waals surface area contributed by atoms with Crippen LogP contribution in [0, 0.1) is 13.8 Å². The predicted octanol–water partition coefficient (Wildman–Crippen LogP) is 3.61. The number of carbonyl (C=O) groups is 2. The maximum atomic E-state index is 12.7. The van der Waals surface area contributed by atoms with E-state index in [0.717, 1.165) is 5.56 Å². The molecule has 0 atom stereocenters. The summed E-state index contributed by atoms with van der Waals surface area (Å²) in [7, 11) is 2.98. The molecular weight excluding hydrogens is 384 g/mol. The third kappa shape index (κ3) is 4.51. The molecule has 0 aliphatic rings. The predicted molar refractivity (Wildman–Crippen MR) is 111 cm³/mol. The Bertz CT molecular complexity index is 1060. The molecule has 0 bridgehead atoms. The van der Waals surface area contributed by atoms with Crippen molar-refractivity contribution in [3.8, 4) is 11.5 Å². The first-order valence-electron chi connectivity index (χ1n) is 9.45. The van der Waals surface area contributed by atoms with Crippen LogP contribution >= 0.6 is 0 Å². The van der Waals surface area contributed by atoms with Gasteiger partial charge in [-0.3, -0.25) is 9.48 Å². The van der Waals surface area contributed by atoms with Gasteiger partial charge in [-0.25, -0.2) is 4.79 Å². The summed E-state index contributed by atoms with van der Waals surface area (Å²) in [6.45, 7) is 3.69. The van der Waals surface area contributed by atoms with Gasteiger partial charge in [0.2, 0.25) is 5.78 Å². The molecule has 156 valence electrons. The van der Waals surface area contributed by atoms with Gasteiger partial charge < -0.3 is 14.2 Å². The van der Waals surface area contributed by atoms with E-state index in [4.69, 9.17) is 14.2 Å². The number of Topliss-reactive ketones (excluding diaryl/α,β-unsaturated/α-hetero) is 1. The summed E-state index contributed by atoms with van der Waals surface area (Å²) in [5.41, 5.74) is 2.98. The molecule has 30 heavy (non-hydrogen) atoms. The fourth-order valence-corrected chi connectivity index (χ4v) is 3.22. The molecule has 0 fully saturated rings. The monoisotopic (exact) mass is 408 g/mol. The molecule has 0 unspecified atom stereocenters. The molecule has 0 saturated heterocycles. The molecule has 7 heteroatoms. The van der Waals surface area contributed by atoms with Gasteiger partial charge in [-0.1, -0.05) is 30.3 Å². The van der Waals surface area contributed by atoms with Crippen molar-refractivity contribution in [2.24, 2.45) is 0 Å². The fraction of sp³-hybridized carbons (Fsp3) is 0.261. The molecule has 0 amide bonds. The zero-order chi connectivity index (χ0) is 21.7. The number of ketones is 1. The smallest absolute Gasteiger partial charge is 0.342 e. The van der Waals surface area contributed by atoms with E-state index in [-0.39, 0.29) is 11.3 Å². The lowest BCUT2D eigenvalue weighted by atomic mass is 10.1. The number of aromatic nitrogens is 2. The highest BCUT2D eigenvalue weighted by molar-refractivity contribution is 6.02. The van der Waals surface area contributed by atoms with Gasteiger partial charge in [0.25, 0.3) is 0 Å². The summed E-state index contributed by atoms with van der Waals surface area (Å²) in [4.78, 5) is 25.3. The number of nitrogens with zero attached hydrogens (tertiary/aromatic N) is 2. The number of aryl methyl sites for hydroxylation is 1. The summed E-state index contributed by atoms with van der Waals surface area (Å²) in [6, 6.07) is 14.7. The molecule has 1 aromatic heterocycles. The zero-order valence-electron chi connectivity index (χ0n) is 17.5. The van der Waals surface area contributed by atoms with Crippen LogP contribution in [0.5, 0.6) is 11.5 Å². The van der Waals surface area contributed by atoms with E-state index in [0.29, 0.717) is 35.0 Å². The molecule has 3 rings (SSSR count). The molecular formula is C23H24N2O5. The fourth-order valence-electron chi connectivity index (χ4n) is 3.22. The number of rotatable bonds is 8. The first-order chi connectivity index (χ1) is 14.4. The Labute approximate surface area is 175 Å². The van der Waals surface area contributed by atoms with Crippen molar-refractivity contribution < 1.29 is 23.8 Å². The van der Waals surface area contributed by atoms with E-state index in [2.05, 4.69) is 5.10 Å². The van der Waals surface area contributed by atoms with Gasteiger partial charge in [0.15, 0.2) is 6.61 Å². The van der Waals surface area contributed by atoms with Crippen LogP contribution in [0.15, 0.2) is 48.5 Å². The van der Waals surface area contributed by atoms with Crippen LogP contribution in [0.1, 0.15) is 37.7 Å². The molecule has 2 aromatic carbocycles. The molecule has 0 radical (unpaired) electrons. The van der Waals surface area contributed by atoms with E-state index >= 15 is 0 Å². The van der Waals surface area contributed by atoms with Crippen LogP contribution < -0.4 is 9.47 Å². The highest BCUT2D eigenvalue weighted by Crippen LogP contribution is 2.25. The number of esters is 1. The number of hydrogen-bond acceptors (Lipinski definition) is 6. The van der Waals surface area contributed by atoms with Gasteiger partial charge in [0, 0.05) is 0 Å². The van der Waals surface area contributed by atoms with Crippen molar-refractivity contribution in [1.29, 1.82) is 0 Å². The van der Waals surface area contributed by atoms with Crippen molar-refractivity contribution in [1.82, 2.24) is 9.78 Å². The molecule has 1 heterocycles. The van der Waals surface area contributed by atoms with Gasteiger partial charge in [-0.2, -0.15) is 5.10 Å². The van der Waals surface area contributed by atoms with E-state index in [1.54, 1.807) is 29.8 Å². The lowest BCUT2D eigenvalue weighted by molar-refractivity contribution is 0.0472. The van der Waals surface area contributed by atoms with Crippen LogP contribution in [-0.2, 0) is 11.3 Å². The highest BCUT2D eigenvalue weighted by atomic mass is 16.5. The second kappa shape index (κ2) is 9.26. The number of ether oxygens (including phenoxy) is 3. The Kier molecular flexibility index (Phi) is 6.51. The molecule has 0 aliphatic heterocycles. The van der Waals surface area contributed by atoms with Gasteiger partial charge in [0.05, 0.1) is 37.7 Å². The number of hydrogen-bond donors (Lipinski definition) is 0. The summed E-state index contributed by atoms with van der Waals surface area (Å²) in [5, 5.41) is 4.46. The molecule has 3 aromatic rings. The van der Waals surface area contributed by atoms with Crippen LogP contribution in [-0.4, -0.2) is 42.4 Å². The Morgan fingerprint density at radius 3 is 2.40 bits per heavy atom. The van der Waals surface area contributed by atoms with E-state index < -0.39 is 12.6 Å². The van der Waals surface area contributed by atoms with Gasteiger partial charge in [-0.15, -0.1) is 0 Å². The normalized spacial score (nSPS) is 10.5. The Morgan fingerprint density at radius 1 is 1.00 bits per heavy atom. The van der Waals surface area contributed by atoms with Gasteiger partial charge >= 0.3 is 5.97 Å². The quantitative estimate of drug-likeness (QED) is 0.419. The second-order valence-corrected chi connectivity index (χ2v) is 6.75. The van der Waals surface area contributed by atoms with Crippen molar-refractivity contribution in [2.45, 2.75) is 20.4 Å². The summed E-state index contributed by atoms with van der Waals surface area (Å²) in [6.07, 6.45) is 0. The van der Waals surface area contributed by atoms with Crippen LogP contribution in [0.3, 0.4) is 0 Å². The average molecular weight is 408 g/mol. The minimum Gasteiger partial charge on any atom is -0.497 e. The molecule has 0 saturated carbocycles. The third-order valence-electron chi connectivity index (χ3n) is 4.80. The maximum Gasteiger partial charge on any atom is 0.342 e. The number of benzene rings is 2. The van der Waals surface area contributed by atoms with Crippen molar-refractivity contribution >= 4 is 11.8 Å². The van der Waals surface area contributed by atoms with E-state index in [1.807, 2.05) is 37.3 Å². The summed E-state index contributed by atoms with van der Waals surface area (Å²) >= 11 is 0. The second-order valence-electron chi connectivity index (χ2n) is 6.75. The molecule has 0 N–H and O–H groups in total. The topological polar surface area (TPSA) is 79.7 Å². The first-order valence-corrected chi connectivity index (χ1v) is 9.45. The Morgan fingerprint density at radius 2 is 1.73 bits per heavy atom. The van der Waals surface area contributed by atoms with Crippen molar-refractivity contribution in [3.63, 3.8) is 0 Å². The highest BCUT2D eigenvalue weighted by Gasteiger charge is 2.22. The lowest BCUT2D eigenvalue weighted by Gasteiger charge is -2.10. The van der Waals surface area contributed by atoms with Gasteiger partial charge in [-0.05, 0) is 37.6 Å². The first kappa shape index (κ1) is 21.1. The number of carbonyl (C=O) groups excluding carboxylic acids is 2. The van der Waals surface area contributed by atoms with Crippen molar-refractivity contribution in [2.75, 3.05) is 20.8 Å². The third-order valence-corrected chi connectivity index (χ3v) is 4.80. The lowest BCUT2D eigenvalue weighted by Crippen LogP contribution is -2.16. The zero-order valence-corrected chi connectivity index (χ0v) is 17.5. The number of methoxy groups -OCH3 is 2. The average Bonchev–Trinajstić information content (AvgIpc) is 3.04. The largest absolute Gasteiger partial charge is 0.497 e. The summed E-state index contributed by atoms with van der Waals surface area (Å²) in [5.74, 6) is -0.0650. The Hall–Kier alpha value is -3.61. The van der Waals surface area contributed by atoms with Crippen LogP contribution in [0.2, 0.25) is 0 Å².